The van der Waals surface area contributed by atoms with E-state index in [0.29, 0.717) is 10.9 Å². The second-order valence-electron chi connectivity index (χ2n) is 4.06. The summed E-state index contributed by atoms with van der Waals surface area (Å²) in [6, 6.07) is 6.19. The molecule has 0 radical (unpaired) electrons. The lowest BCUT2D eigenvalue weighted by Crippen LogP contribution is -2.24. The minimum atomic E-state index is -4.65. The third-order valence-corrected chi connectivity index (χ3v) is 3.58. The largest absolute Gasteiger partial charge is 0.573 e. The molecule has 1 nitrogen and oxygen atoms in total. The van der Waals surface area contributed by atoms with Crippen molar-refractivity contribution in [1.29, 1.82) is 0 Å². The number of hydrogen-bond acceptors (Lipinski definition) is 1. The maximum atomic E-state index is 12.2. The Balaban J connectivity index is 3.11. The van der Waals surface area contributed by atoms with Crippen LogP contribution in [0, 0.1) is 0 Å². The predicted octanol–water partition coefficient (Wildman–Crippen LogP) is 4.26. The van der Waals surface area contributed by atoms with Crippen molar-refractivity contribution in [1.82, 2.24) is 0 Å². The smallest absolute Gasteiger partial charge is 0.405 e. The molecule has 0 N–H and O–H groups in total. The van der Waals surface area contributed by atoms with Crippen molar-refractivity contribution in [2.45, 2.75) is 25.6 Å². The maximum absolute atomic E-state index is 12.2. The van der Waals surface area contributed by atoms with E-state index in [2.05, 4.69) is 20.7 Å². The molecule has 0 aliphatic heterocycles. The number of benzene rings is 1. The predicted molar refractivity (Wildman–Crippen MR) is 59.9 cm³/mol. The standard InChI is InChI=1S/C11H12BrF3O/c1-10(2,7-12)8-5-3-4-6-9(8)16-11(13,14)15/h3-6H,7H2,1-2H3. The van der Waals surface area contributed by atoms with Crippen molar-refractivity contribution in [2.24, 2.45) is 0 Å². The highest BCUT2D eigenvalue weighted by Gasteiger charge is 2.34. The fraction of sp³-hybridized carbons (Fsp3) is 0.455. The first kappa shape index (κ1) is 13.4. The Labute approximate surface area is 101 Å². The minimum absolute atomic E-state index is 0.139. The second-order valence-corrected chi connectivity index (χ2v) is 4.62. The Hall–Kier alpha value is -0.710. The Bertz CT molecular complexity index is 360. The SMILES string of the molecule is CC(C)(CBr)c1ccccc1OC(F)(F)F. The highest BCUT2D eigenvalue weighted by molar-refractivity contribution is 9.09. The second kappa shape index (κ2) is 4.65. The first-order valence-electron chi connectivity index (χ1n) is 4.67. The van der Waals surface area contributed by atoms with E-state index < -0.39 is 11.8 Å². The van der Waals surface area contributed by atoms with Gasteiger partial charge >= 0.3 is 6.36 Å². The van der Waals surface area contributed by atoms with Crippen LogP contribution in [0.1, 0.15) is 19.4 Å². The fourth-order valence-corrected chi connectivity index (χ4v) is 1.61. The monoisotopic (exact) mass is 296 g/mol. The van der Waals surface area contributed by atoms with Crippen LogP contribution in [-0.4, -0.2) is 11.7 Å². The molecule has 0 aliphatic rings. The van der Waals surface area contributed by atoms with Crippen LogP contribution >= 0.6 is 15.9 Å². The van der Waals surface area contributed by atoms with Crippen LogP contribution in [0.5, 0.6) is 5.75 Å². The summed E-state index contributed by atoms with van der Waals surface area (Å²) in [5, 5.41) is 0.554. The first-order valence-corrected chi connectivity index (χ1v) is 5.79. The van der Waals surface area contributed by atoms with Gasteiger partial charge in [-0.05, 0) is 6.07 Å². The Morgan fingerprint density at radius 1 is 1.19 bits per heavy atom. The highest BCUT2D eigenvalue weighted by Crippen LogP contribution is 2.35. The molecule has 0 fully saturated rings. The van der Waals surface area contributed by atoms with E-state index in [1.807, 2.05) is 13.8 Å². The molecule has 1 aromatic carbocycles. The fourth-order valence-electron chi connectivity index (χ4n) is 1.31. The number of para-hydroxylation sites is 1. The van der Waals surface area contributed by atoms with Crippen LogP contribution in [0.25, 0.3) is 0 Å². The Kier molecular flexibility index (Phi) is 3.88. The third kappa shape index (κ3) is 3.40. The summed E-state index contributed by atoms with van der Waals surface area (Å²) in [5.74, 6) is -0.139. The first-order chi connectivity index (χ1) is 7.26. The van der Waals surface area contributed by atoms with Crippen molar-refractivity contribution in [3.05, 3.63) is 29.8 Å². The molecule has 90 valence electrons. The number of alkyl halides is 4. The summed E-state index contributed by atoms with van der Waals surface area (Å²) in [6.45, 7) is 3.70. The average molecular weight is 297 g/mol. The van der Waals surface area contributed by atoms with Crippen LogP contribution in [0.3, 0.4) is 0 Å². The zero-order valence-electron chi connectivity index (χ0n) is 8.94. The van der Waals surface area contributed by atoms with Crippen LogP contribution in [0.2, 0.25) is 0 Å². The van der Waals surface area contributed by atoms with Gasteiger partial charge in [-0.15, -0.1) is 13.2 Å². The molecule has 16 heavy (non-hydrogen) atoms. The van der Waals surface area contributed by atoms with Gasteiger partial charge in [-0.25, -0.2) is 0 Å². The summed E-state index contributed by atoms with van der Waals surface area (Å²) in [7, 11) is 0. The summed E-state index contributed by atoms with van der Waals surface area (Å²) in [6.07, 6.45) is -4.65. The van der Waals surface area contributed by atoms with Gasteiger partial charge in [0.05, 0.1) is 0 Å². The summed E-state index contributed by atoms with van der Waals surface area (Å²) in [4.78, 5) is 0. The van der Waals surface area contributed by atoms with Gasteiger partial charge in [-0.1, -0.05) is 48.0 Å². The quantitative estimate of drug-likeness (QED) is 0.758. The molecular formula is C11H12BrF3O. The third-order valence-electron chi connectivity index (χ3n) is 2.18. The molecule has 0 heterocycles. The molecule has 1 rings (SSSR count). The summed E-state index contributed by atoms with van der Waals surface area (Å²) >= 11 is 3.28. The van der Waals surface area contributed by atoms with Gasteiger partial charge in [-0.3, -0.25) is 0 Å². The van der Waals surface area contributed by atoms with E-state index in [-0.39, 0.29) is 5.75 Å². The molecule has 0 aliphatic carbocycles. The van der Waals surface area contributed by atoms with E-state index in [0.717, 1.165) is 0 Å². The van der Waals surface area contributed by atoms with E-state index in [1.54, 1.807) is 12.1 Å². The molecule has 0 atom stereocenters. The minimum Gasteiger partial charge on any atom is -0.405 e. The van der Waals surface area contributed by atoms with Crippen molar-refractivity contribution >= 4 is 15.9 Å². The number of rotatable bonds is 3. The molecule has 0 spiro atoms. The van der Waals surface area contributed by atoms with Gasteiger partial charge in [0.25, 0.3) is 0 Å². The van der Waals surface area contributed by atoms with Gasteiger partial charge < -0.3 is 4.74 Å². The molecule has 0 bridgehead atoms. The summed E-state index contributed by atoms with van der Waals surface area (Å²) in [5.41, 5.74) is 0.117. The average Bonchev–Trinajstić information content (AvgIpc) is 2.16. The lowest BCUT2D eigenvalue weighted by Gasteiger charge is -2.25. The van der Waals surface area contributed by atoms with Gasteiger partial charge in [-0.2, -0.15) is 0 Å². The number of hydrogen-bond donors (Lipinski definition) is 0. The van der Waals surface area contributed by atoms with E-state index in [4.69, 9.17) is 0 Å². The normalized spacial score (nSPS) is 12.6. The van der Waals surface area contributed by atoms with Gasteiger partial charge in [0.2, 0.25) is 0 Å². The molecule has 0 amide bonds. The lowest BCUT2D eigenvalue weighted by molar-refractivity contribution is -0.275. The topological polar surface area (TPSA) is 9.23 Å². The van der Waals surface area contributed by atoms with Crippen LogP contribution in [0.15, 0.2) is 24.3 Å². The molecule has 5 heteroatoms. The summed E-state index contributed by atoms with van der Waals surface area (Å²) < 4.78 is 40.5. The van der Waals surface area contributed by atoms with E-state index in [1.165, 1.54) is 12.1 Å². The van der Waals surface area contributed by atoms with E-state index in [9.17, 15) is 13.2 Å². The maximum Gasteiger partial charge on any atom is 0.573 e. The van der Waals surface area contributed by atoms with Crippen molar-refractivity contribution in [2.75, 3.05) is 5.33 Å². The van der Waals surface area contributed by atoms with Crippen molar-refractivity contribution in [3.8, 4) is 5.75 Å². The van der Waals surface area contributed by atoms with Gasteiger partial charge in [0, 0.05) is 16.3 Å². The molecule has 0 aromatic heterocycles. The van der Waals surface area contributed by atoms with Crippen LogP contribution < -0.4 is 4.74 Å². The molecule has 0 saturated heterocycles. The zero-order chi connectivity index (χ0) is 12.4. The van der Waals surface area contributed by atoms with Crippen molar-refractivity contribution in [3.63, 3.8) is 0 Å². The lowest BCUT2D eigenvalue weighted by atomic mass is 9.86. The molecule has 0 saturated carbocycles. The van der Waals surface area contributed by atoms with E-state index >= 15 is 0 Å². The molecule has 1 aromatic rings. The van der Waals surface area contributed by atoms with Gasteiger partial charge in [0.1, 0.15) is 5.75 Å². The Morgan fingerprint density at radius 2 is 1.75 bits per heavy atom. The van der Waals surface area contributed by atoms with Crippen LogP contribution in [-0.2, 0) is 5.41 Å². The highest BCUT2D eigenvalue weighted by atomic mass is 79.9. The number of ether oxygens (including phenoxy) is 1. The molecular weight excluding hydrogens is 285 g/mol. The Morgan fingerprint density at radius 3 is 2.25 bits per heavy atom. The van der Waals surface area contributed by atoms with Crippen molar-refractivity contribution < 1.29 is 17.9 Å². The number of halogens is 4. The van der Waals surface area contributed by atoms with Crippen LogP contribution in [0.4, 0.5) is 13.2 Å². The molecule has 0 unspecified atom stereocenters. The zero-order valence-corrected chi connectivity index (χ0v) is 10.5. The van der Waals surface area contributed by atoms with Gasteiger partial charge in [0.15, 0.2) is 0 Å².